The molecular formula is C16H20N4OS. The fourth-order valence-corrected chi connectivity index (χ4v) is 3.58. The number of carbonyl (C=O) groups excluding carboxylic acids is 1. The van der Waals surface area contributed by atoms with Gasteiger partial charge in [-0.15, -0.1) is 0 Å². The zero-order chi connectivity index (χ0) is 15.5. The van der Waals surface area contributed by atoms with Gasteiger partial charge in [0.2, 0.25) is 0 Å². The van der Waals surface area contributed by atoms with Gasteiger partial charge in [-0.05, 0) is 18.1 Å². The maximum Gasteiger partial charge on any atom is 0.257 e. The number of aromatic nitrogens is 3. The highest BCUT2D eigenvalue weighted by Gasteiger charge is 2.26. The highest BCUT2D eigenvalue weighted by atomic mass is 32.2. The Bertz CT molecular complexity index is 647. The lowest BCUT2D eigenvalue weighted by atomic mass is 10.0. The molecule has 5 nitrogen and oxygen atoms in total. The minimum Gasteiger partial charge on any atom is -0.337 e. The summed E-state index contributed by atoms with van der Waals surface area (Å²) < 4.78 is 1.79. The van der Waals surface area contributed by atoms with Gasteiger partial charge < -0.3 is 4.90 Å². The number of carbonyl (C=O) groups is 1. The van der Waals surface area contributed by atoms with Gasteiger partial charge in [0.25, 0.3) is 5.91 Å². The van der Waals surface area contributed by atoms with E-state index in [-0.39, 0.29) is 11.8 Å². The Labute approximate surface area is 134 Å². The Morgan fingerprint density at radius 3 is 2.68 bits per heavy atom. The van der Waals surface area contributed by atoms with Crippen LogP contribution in [0.4, 0.5) is 0 Å². The third kappa shape index (κ3) is 2.88. The molecule has 0 saturated carbocycles. The van der Waals surface area contributed by atoms with Crippen LogP contribution in [0.1, 0.15) is 35.8 Å². The molecule has 0 spiro atoms. The predicted octanol–water partition coefficient (Wildman–Crippen LogP) is 2.58. The van der Waals surface area contributed by atoms with E-state index >= 15 is 0 Å². The molecule has 0 aromatic carbocycles. The Morgan fingerprint density at radius 2 is 2.05 bits per heavy atom. The molecule has 1 fully saturated rings. The molecule has 2 aromatic rings. The van der Waals surface area contributed by atoms with Gasteiger partial charge in [-0.3, -0.25) is 4.79 Å². The molecule has 2 aromatic heterocycles. The lowest BCUT2D eigenvalue weighted by molar-refractivity contribution is 0.0770. The first-order valence-corrected chi connectivity index (χ1v) is 8.70. The van der Waals surface area contributed by atoms with Crippen molar-refractivity contribution in [3.05, 3.63) is 41.9 Å². The number of rotatable bonds is 3. The van der Waals surface area contributed by atoms with E-state index in [1.807, 2.05) is 34.9 Å². The Kier molecular flexibility index (Phi) is 4.47. The predicted molar refractivity (Wildman–Crippen MR) is 88.7 cm³/mol. The van der Waals surface area contributed by atoms with Crippen molar-refractivity contribution in [1.29, 1.82) is 0 Å². The molecule has 0 aliphatic carbocycles. The molecule has 116 valence electrons. The van der Waals surface area contributed by atoms with Crippen molar-refractivity contribution in [2.45, 2.75) is 19.8 Å². The van der Waals surface area contributed by atoms with E-state index in [0.29, 0.717) is 5.56 Å². The van der Waals surface area contributed by atoms with E-state index in [9.17, 15) is 4.79 Å². The van der Waals surface area contributed by atoms with Gasteiger partial charge in [0, 0.05) is 30.8 Å². The van der Waals surface area contributed by atoms with Gasteiger partial charge in [0.15, 0.2) is 5.82 Å². The van der Waals surface area contributed by atoms with Crippen molar-refractivity contribution in [2.24, 2.45) is 0 Å². The van der Waals surface area contributed by atoms with Gasteiger partial charge in [-0.25, -0.2) is 9.67 Å². The smallest absolute Gasteiger partial charge is 0.257 e. The quantitative estimate of drug-likeness (QED) is 0.873. The molecular weight excluding hydrogens is 296 g/mol. The van der Waals surface area contributed by atoms with Crippen LogP contribution in [0.15, 0.2) is 30.6 Å². The summed E-state index contributed by atoms with van der Waals surface area (Å²) in [6.07, 6.45) is 3.43. The molecule has 1 saturated heterocycles. The number of thioether (sulfide) groups is 1. The Morgan fingerprint density at radius 1 is 1.27 bits per heavy atom. The third-order valence-electron chi connectivity index (χ3n) is 3.75. The fraction of sp³-hybridized carbons (Fsp3) is 0.438. The van der Waals surface area contributed by atoms with Gasteiger partial charge in [0.1, 0.15) is 0 Å². The first kappa shape index (κ1) is 15.1. The molecule has 1 aliphatic rings. The van der Waals surface area contributed by atoms with Crippen LogP contribution < -0.4 is 0 Å². The summed E-state index contributed by atoms with van der Waals surface area (Å²) in [4.78, 5) is 19.1. The average molecular weight is 316 g/mol. The van der Waals surface area contributed by atoms with E-state index in [0.717, 1.165) is 36.1 Å². The molecule has 1 aliphatic heterocycles. The first-order valence-electron chi connectivity index (χ1n) is 7.55. The molecule has 3 rings (SSSR count). The zero-order valence-electron chi connectivity index (χ0n) is 12.9. The number of nitrogens with zero attached hydrogens (tertiary/aromatic N) is 4. The number of hydrogen-bond acceptors (Lipinski definition) is 4. The normalized spacial score (nSPS) is 15.3. The van der Waals surface area contributed by atoms with Gasteiger partial charge >= 0.3 is 0 Å². The number of pyridine rings is 1. The molecule has 0 unspecified atom stereocenters. The molecule has 1 amide bonds. The minimum atomic E-state index is 0.0891. The summed E-state index contributed by atoms with van der Waals surface area (Å²) in [7, 11) is 0. The Hall–Kier alpha value is -1.82. The van der Waals surface area contributed by atoms with Crippen molar-refractivity contribution in [3.8, 4) is 5.82 Å². The van der Waals surface area contributed by atoms with E-state index in [2.05, 4.69) is 23.9 Å². The van der Waals surface area contributed by atoms with Crippen LogP contribution in [-0.4, -0.2) is 50.2 Å². The van der Waals surface area contributed by atoms with Crippen LogP contribution in [0.5, 0.6) is 0 Å². The first-order chi connectivity index (χ1) is 10.7. The van der Waals surface area contributed by atoms with E-state index in [1.54, 1.807) is 17.1 Å². The van der Waals surface area contributed by atoms with Crippen molar-refractivity contribution < 1.29 is 4.79 Å². The second kappa shape index (κ2) is 6.52. The van der Waals surface area contributed by atoms with Crippen LogP contribution in [0.25, 0.3) is 5.82 Å². The molecule has 22 heavy (non-hydrogen) atoms. The van der Waals surface area contributed by atoms with E-state index in [1.165, 1.54) is 0 Å². The van der Waals surface area contributed by atoms with Crippen LogP contribution in [0, 0.1) is 0 Å². The average Bonchev–Trinajstić information content (AvgIpc) is 3.01. The lowest BCUT2D eigenvalue weighted by Gasteiger charge is -2.26. The molecule has 0 radical (unpaired) electrons. The fourth-order valence-electron chi connectivity index (χ4n) is 2.68. The molecule has 6 heteroatoms. The molecule has 0 atom stereocenters. The Balaban J connectivity index is 1.98. The van der Waals surface area contributed by atoms with E-state index < -0.39 is 0 Å². The van der Waals surface area contributed by atoms with E-state index in [4.69, 9.17) is 0 Å². The standard InChI is InChI=1S/C16H20N4OS/c1-12(2)15-13(16(21)19-7-9-22-10-8-19)11-18-20(15)14-5-3-4-6-17-14/h3-6,11-12H,7-10H2,1-2H3. The third-order valence-corrected chi connectivity index (χ3v) is 4.69. The molecule has 0 N–H and O–H groups in total. The van der Waals surface area contributed by atoms with Crippen molar-refractivity contribution in [3.63, 3.8) is 0 Å². The van der Waals surface area contributed by atoms with Gasteiger partial charge in [-0.1, -0.05) is 19.9 Å². The van der Waals surface area contributed by atoms with Crippen LogP contribution in [0.3, 0.4) is 0 Å². The summed E-state index contributed by atoms with van der Waals surface area (Å²) in [6, 6.07) is 5.71. The second-order valence-electron chi connectivity index (χ2n) is 5.60. The summed E-state index contributed by atoms with van der Waals surface area (Å²) in [5.74, 6) is 3.06. The van der Waals surface area contributed by atoms with Crippen LogP contribution in [-0.2, 0) is 0 Å². The summed E-state index contributed by atoms with van der Waals surface area (Å²) in [5.41, 5.74) is 1.63. The maximum absolute atomic E-state index is 12.8. The van der Waals surface area contributed by atoms with Gasteiger partial charge in [-0.2, -0.15) is 16.9 Å². The van der Waals surface area contributed by atoms with Gasteiger partial charge in [0.05, 0.1) is 17.5 Å². The largest absolute Gasteiger partial charge is 0.337 e. The highest BCUT2D eigenvalue weighted by molar-refractivity contribution is 7.99. The number of hydrogen-bond donors (Lipinski definition) is 0. The monoisotopic (exact) mass is 316 g/mol. The van der Waals surface area contributed by atoms with Crippen molar-refractivity contribution in [2.75, 3.05) is 24.6 Å². The summed E-state index contributed by atoms with van der Waals surface area (Å²) in [5, 5.41) is 4.43. The lowest BCUT2D eigenvalue weighted by Crippen LogP contribution is -2.38. The van der Waals surface area contributed by atoms with Crippen molar-refractivity contribution in [1.82, 2.24) is 19.7 Å². The second-order valence-corrected chi connectivity index (χ2v) is 6.83. The zero-order valence-corrected chi connectivity index (χ0v) is 13.7. The summed E-state index contributed by atoms with van der Waals surface area (Å²) in [6.45, 7) is 5.80. The summed E-state index contributed by atoms with van der Waals surface area (Å²) >= 11 is 1.90. The van der Waals surface area contributed by atoms with Crippen LogP contribution >= 0.6 is 11.8 Å². The number of amides is 1. The van der Waals surface area contributed by atoms with Crippen molar-refractivity contribution >= 4 is 17.7 Å². The molecule has 3 heterocycles. The van der Waals surface area contributed by atoms with Crippen LogP contribution in [0.2, 0.25) is 0 Å². The minimum absolute atomic E-state index is 0.0891. The topological polar surface area (TPSA) is 51.0 Å². The maximum atomic E-state index is 12.8. The highest BCUT2D eigenvalue weighted by Crippen LogP contribution is 2.24. The SMILES string of the molecule is CC(C)c1c(C(=O)N2CCSCC2)cnn1-c1ccccn1. The molecule has 0 bridgehead atoms.